The van der Waals surface area contributed by atoms with E-state index in [9.17, 15) is 4.79 Å². The maximum absolute atomic E-state index is 12.1. The average molecular weight is 262 g/mol. The molecule has 0 fully saturated rings. The van der Waals surface area contributed by atoms with Crippen LogP contribution in [0.4, 0.5) is 5.69 Å². The lowest BCUT2D eigenvalue weighted by molar-refractivity contribution is -0.128. The summed E-state index contributed by atoms with van der Waals surface area (Å²) < 4.78 is 5.08. The number of carbonyl (C=O) groups is 1. The third-order valence-electron chi connectivity index (χ3n) is 2.89. The molecule has 0 heterocycles. The zero-order valence-corrected chi connectivity index (χ0v) is 11.8. The number of hydrogen-bond acceptors (Lipinski definition) is 3. The molecule has 0 saturated heterocycles. The Hall–Kier alpha value is -1.81. The third kappa shape index (κ3) is 4.75. The Labute approximate surface area is 114 Å². The van der Waals surface area contributed by atoms with Crippen LogP contribution in [0.1, 0.15) is 19.4 Å². The summed E-state index contributed by atoms with van der Waals surface area (Å²) in [5.41, 5.74) is 7.30. The minimum absolute atomic E-state index is 0.0190. The highest BCUT2D eigenvalue weighted by atomic mass is 16.5. The lowest BCUT2D eigenvalue weighted by Crippen LogP contribution is -2.39. The number of hydrogen-bond donors (Lipinski definition) is 1. The molecular formula is C15H22N2O2. The van der Waals surface area contributed by atoms with E-state index in [0.29, 0.717) is 18.8 Å². The molecule has 0 aromatic heterocycles. The predicted octanol–water partition coefficient (Wildman–Crippen LogP) is 2.17. The topological polar surface area (TPSA) is 55.6 Å². The minimum Gasteiger partial charge on any atom is -0.399 e. The Morgan fingerprint density at radius 2 is 2.26 bits per heavy atom. The molecule has 4 heteroatoms. The lowest BCUT2D eigenvalue weighted by Gasteiger charge is -2.26. The van der Waals surface area contributed by atoms with Gasteiger partial charge in [0.1, 0.15) is 0 Å². The zero-order valence-electron chi connectivity index (χ0n) is 11.8. The summed E-state index contributed by atoms with van der Waals surface area (Å²) in [5.74, 6) is -0.0190. The van der Waals surface area contributed by atoms with E-state index in [0.717, 1.165) is 5.56 Å². The first-order valence-electron chi connectivity index (χ1n) is 6.41. The molecule has 1 aromatic rings. The highest BCUT2D eigenvalue weighted by molar-refractivity contribution is 5.92. The van der Waals surface area contributed by atoms with Gasteiger partial charge in [-0.05, 0) is 37.6 Å². The van der Waals surface area contributed by atoms with Gasteiger partial charge < -0.3 is 15.4 Å². The maximum atomic E-state index is 12.1. The number of nitrogen functional groups attached to an aromatic ring is 1. The highest BCUT2D eigenvalue weighted by Gasteiger charge is 2.15. The first kappa shape index (κ1) is 15.2. The fourth-order valence-electron chi connectivity index (χ4n) is 1.94. The second kappa shape index (κ2) is 7.59. The fourth-order valence-corrected chi connectivity index (χ4v) is 1.94. The quantitative estimate of drug-likeness (QED) is 0.631. The standard InChI is InChI=1S/C15H22N2O2/c1-4-17(12(2)11-19-3)15(18)9-8-13-6-5-7-14(16)10-13/h5-10,12H,4,11,16H2,1-3H3/b9-8+. The van der Waals surface area contributed by atoms with E-state index in [-0.39, 0.29) is 11.9 Å². The van der Waals surface area contributed by atoms with E-state index in [1.807, 2.05) is 38.1 Å². The van der Waals surface area contributed by atoms with Crippen LogP contribution in [0, 0.1) is 0 Å². The van der Waals surface area contributed by atoms with Crippen LogP contribution in [0.5, 0.6) is 0 Å². The van der Waals surface area contributed by atoms with Crippen LogP contribution in [-0.4, -0.2) is 37.1 Å². The Kier molecular flexibility index (Phi) is 6.09. The number of carbonyl (C=O) groups excluding carboxylic acids is 1. The molecule has 1 atom stereocenters. The Morgan fingerprint density at radius 3 is 2.84 bits per heavy atom. The van der Waals surface area contributed by atoms with Crippen molar-refractivity contribution in [2.75, 3.05) is 26.0 Å². The number of nitrogens with two attached hydrogens (primary N) is 1. The number of nitrogens with zero attached hydrogens (tertiary/aromatic N) is 1. The lowest BCUT2D eigenvalue weighted by atomic mass is 10.2. The average Bonchev–Trinajstić information content (AvgIpc) is 2.37. The van der Waals surface area contributed by atoms with E-state index < -0.39 is 0 Å². The van der Waals surface area contributed by atoms with Gasteiger partial charge in [0.2, 0.25) is 5.91 Å². The highest BCUT2D eigenvalue weighted by Crippen LogP contribution is 2.09. The zero-order chi connectivity index (χ0) is 14.3. The van der Waals surface area contributed by atoms with Gasteiger partial charge in [-0.2, -0.15) is 0 Å². The van der Waals surface area contributed by atoms with E-state index >= 15 is 0 Å². The van der Waals surface area contributed by atoms with Crippen LogP contribution in [0.15, 0.2) is 30.3 Å². The number of likely N-dealkylation sites (N-methyl/N-ethyl adjacent to an activating group) is 1. The molecule has 4 nitrogen and oxygen atoms in total. The maximum Gasteiger partial charge on any atom is 0.246 e. The van der Waals surface area contributed by atoms with Crippen LogP contribution >= 0.6 is 0 Å². The summed E-state index contributed by atoms with van der Waals surface area (Å²) in [6.07, 6.45) is 3.35. The predicted molar refractivity (Wildman–Crippen MR) is 78.6 cm³/mol. The summed E-state index contributed by atoms with van der Waals surface area (Å²) in [6, 6.07) is 7.49. The molecule has 1 rings (SSSR count). The van der Waals surface area contributed by atoms with Crippen molar-refractivity contribution in [3.8, 4) is 0 Å². The van der Waals surface area contributed by atoms with Gasteiger partial charge in [-0.25, -0.2) is 0 Å². The van der Waals surface area contributed by atoms with Crippen molar-refractivity contribution in [3.63, 3.8) is 0 Å². The number of methoxy groups -OCH3 is 1. The van der Waals surface area contributed by atoms with Gasteiger partial charge in [-0.1, -0.05) is 12.1 Å². The smallest absolute Gasteiger partial charge is 0.246 e. The molecule has 2 N–H and O–H groups in total. The largest absolute Gasteiger partial charge is 0.399 e. The van der Waals surface area contributed by atoms with E-state index in [2.05, 4.69) is 0 Å². The molecule has 19 heavy (non-hydrogen) atoms. The molecule has 0 saturated carbocycles. The van der Waals surface area contributed by atoms with E-state index in [1.54, 1.807) is 24.2 Å². The van der Waals surface area contributed by atoms with Crippen LogP contribution in [-0.2, 0) is 9.53 Å². The molecule has 1 unspecified atom stereocenters. The summed E-state index contributed by atoms with van der Waals surface area (Å²) in [6.45, 7) is 5.12. The van der Waals surface area contributed by atoms with Gasteiger partial charge in [-0.15, -0.1) is 0 Å². The number of anilines is 1. The number of rotatable bonds is 6. The van der Waals surface area contributed by atoms with Crippen molar-refractivity contribution >= 4 is 17.7 Å². The van der Waals surface area contributed by atoms with Crippen molar-refractivity contribution < 1.29 is 9.53 Å². The molecule has 0 bridgehead atoms. The van der Waals surface area contributed by atoms with E-state index in [4.69, 9.17) is 10.5 Å². The normalized spacial score (nSPS) is 12.6. The van der Waals surface area contributed by atoms with Crippen molar-refractivity contribution in [1.82, 2.24) is 4.90 Å². The van der Waals surface area contributed by atoms with Crippen LogP contribution in [0.25, 0.3) is 6.08 Å². The molecule has 1 aromatic carbocycles. The molecule has 0 aliphatic heterocycles. The van der Waals surface area contributed by atoms with Crippen molar-refractivity contribution in [2.24, 2.45) is 0 Å². The summed E-state index contributed by atoms with van der Waals surface area (Å²) in [7, 11) is 1.64. The minimum atomic E-state index is -0.0190. The first-order chi connectivity index (χ1) is 9.08. The number of amides is 1. The van der Waals surface area contributed by atoms with Crippen molar-refractivity contribution in [3.05, 3.63) is 35.9 Å². The molecule has 104 valence electrons. The van der Waals surface area contributed by atoms with Crippen LogP contribution < -0.4 is 5.73 Å². The summed E-state index contributed by atoms with van der Waals surface area (Å²) >= 11 is 0. The fraction of sp³-hybridized carbons (Fsp3) is 0.400. The second-order valence-corrected chi connectivity index (χ2v) is 4.43. The van der Waals surface area contributed by atoms with E-state index in [1.165, 1.54) is 0 Å². The molecule has 1 amide bonds. The number of ether oxygens (including phenoxy) is 1. The molecular weight excluding hydrogens is 240 g/mol. The summed E-state index contributed by atoms with van der Waals surface area (Å²) in [5, 5.41) is 0. The van der Waals surface area contributed by atoms with Crippen molar-refractivity contribution in [2.45, 2.75) is 19.9 Å². The molecule has 0 radical (unpaired) electrons. The monoisotopic (exact) mass is 262 g/mol. The molecule has 0 aliphatic rings. The summed E-state index contributed by atoms with van der Waals surface area (Å²) in [4.78, 5) is 13.9. The Balaban J connectivity index is 2.71. The van der Waals surface area contributed by atoms with Gasteiger partial charge in [0.05, 0.1) is 12.6 Å². The van der Waals surface area contributed by atoms with Gasteiger partial charge in [0.15, 0.2) is 0 Å². The van der Waals surface area contributed by atoms with Gasteiger partial charge >= 0.3 is 0 Å². The molecule has 0 aliphatic carbocycles. The second-order valence-electron chi connectivity index (χ2n) is 4.43. The number of benzene rings is 1. The van der Waals surface area contributed by atoms with Crippen LogP contribution in [0.3, 0.4) is 0 Å². The Bertz CT molecular complexity index is 444. The third-order valence-corrected chi connectivity index (χ3v) is 2.89. The van der Waals surface area contributed by atoms with Gasteiger partial charge in [0.25, 0.3) is 0 Å². The SMILES string of the molecule is CCN(C(=O)/C=C/c1cccc(N)c1)C(C)COC. The van der Waals surface area contributed by atoms with Crippen molar-refractivity contribution in [1.29, 1.82) is 0 Å². The van der Waals surface area contributed by atoms with Gasteiger partial charge in [-0.3, -0.25) is 4.79 Å². The Morgan fingerprint density at radius 1 is 1.53 bits per heavy atom. The first-order valence-corrected chi connectivity index (χ1v) is 6.41. The van der Waals surface area contributed by atoms with Crippen LogP contribution in [0.2, 0.25) is 0 Å². The molecule has 0 spiro atoms. The van der Waals surface area contributed by atoms with Gasteiger partial charge in [0, 0.05) is 25.4 Å².